The van der Waals surface area contributed by atoms with Crippen LogP contribution in [0.5, 0.6) is 0 Å². The smallest absolute Gasteiger partial charge is 0.246 e. The van der Waals surface area contributed by atoms with Crippen molar-refractivity contribution in [2.75, 3.05) is 26.4 Å². The molecule has 1 atom stereocenters. The second-order valence-electron chi connectivity index (χ2n) is 4.65. The van der Waals surface area contributed by atoms with E-state index >= 15 is 0 Å². The van der Waals surface area contributed by atoms with Crippen LogP contribution < -0.4 is 5.32 Å². The molecule has 1 amide bonds. The Morgan fingerprint density at radius 1 is 1.53 bits per heavy atom. The summed E-state index contributed by atoms with van der Waals surface area (Å²) in [7, 11) is 0. The van der Waals surface area contributed by atoms with Crippen molar-refractivity contribution in [3.05, 3.63) is 18.7 Å². The number of ether oxygens (including phenoxy) is 2. The number of aromatic nitrogens is 2. The van der Waals surface area contributed by atoms with Crippen molar-refractivity contribution in [3.63, 3.8) is 0 Å². The maximum absolute atomic E-state index is 11.5. The molecule has 19 heavy (non-hydrogen) atoms. The SMILES string of the molecule is O=C(COC[C@H]1CCCCO1)NCCn1ccnc1. The van der Waals surface area contributed by atoms with Crippen LogP contribution in [0.3, 0.4) is 0 Å². The first-order valence-electron chi connectivity index (χ1n) is 6.76. The molecule has 2 heterocycles. The molecule has 1 aliphatic heterocycles. The predicted octanol–water partition coefficient (Wildman–Crippen LogP) is 0.585. The number of carbonyl (C=O) groups excluding carboxylic acids is 1. The van der Waals surface area contributed by atoms with E-state index in [-0.39, 0.29) is 18.6 Å². The standard InChI is InChI=1S/C13H21N3O3/c17-13(15-5-7-16-6-4-14-11-16)10-18-9-12-3-1-2-8-19-12/h4,6,11-12H,1-3,5,7-10H2,(H,15,17)/t12-/m1/s1. The highest BCUT2D eigenvalue weighted by atomic mass is 16.5. The first-order chi connectivity index (χ1) is 9.34. The van der Waals surface area contributed by atoms with Gasteiger partial charge in [-0.2, -0.15) is 0 Å². The number of hydrogen-bond acceptors (Lipinski definition) is 4. The maximum Gasteiger partial charge on any atom is 0.246 e. The minimum atomic E-state index is -0.0871. The van der Waals surface area contributed by atoms with Crippen LogP contribution in [-0.2, 0) is 20.8 Å². The fraction of sp³-hybridized carbons (Fsp3) is 0.692. The van der Waals surface area contributed by atoms with Crippen molar-refractivity contribution in [2.45, 2.75) is 31.9 Å². The molecular weight excluding hydrogens is 246 g/mol. The summed E-state index contributed by atoms with van der Waals surface area (Å²) in [4.78, 5) is 15.4. The lowest BCUT2D eigenvalue weighted by Crippen LogP contribution is -2.32. The van der Waals surface area contributed by atoms with Gasteiger partial charge in [-0.05, 0) is 19.3 Å². The molecule has 0 saturated carbocycles. The molecule has 1 N–H and O–H groups in total. The number of imidazole rings is 1. The van der Waals surface area contributed by atoms with E-state index < -0.39 is 0 Å². The van der Waals surface area contributed by atoms with Crippen LogP contribution in [0, 0.1) is 0 Å². The molecule has 0 aromatic carbocycles. The van der Waals surface area contributed by atoms with Gasteiger partial charge in [0.25, 0.3) is 0 Å². The summed E-state index contributed by atoms with van der Waals surface area (Å²) in [5.74, 6) is -0.0871. The van der Waals surface area contributed by atoms with Gasteiger partial charge in [-0.25, -0.2) is 4.98 Å². The monoisotopic (exact) mass is 267 g/mol. The summed E-state index contributed by atoms with van der Waals surface area (Å²) in [5, 5.41) is 2.81. The zero-order chi connectivity index (χ0) is 13.3. The van der Waals surface area contributed by atoms with Crippen LogP contribution in [0.15, 0.2) is 18.7 Å². The number of nitrogens with one attached hydrogen (secondary N) is 1. The van der Waals surface area contributed by atoms with E-state index in [1.54, 1.807) is 12.5 Å². The Morgan fingerprint density at radius 3 is 3.21 bits per heavy atom. The first kappa shape index (κ1) is 14.0. The van der Waals surface area contributed by atoms with Crippen LogP contribution in [-0.4, -0.2) is 47.9 Å². The molecule has 0 unspecified atom stereocenters. The minimum absolute atomic E-state index is 0.0871. The van der Waals surface area contributed by atoms with Gasteiger partial charge in [0, 0.05) is 32.1 Å². The second kappa shape index (κ2) is 7.91. The molecule has 6 nitrogen and oxygen atoms in total. The molecule has 1 saturated heterocycles. The Labute approximate surface area is 113 Å². The third-order valence-corrected chi connectivity index (χ3v) is 3.06. The lowest BCUT2D eigenvalue weighted by Gasteiger charge is -2.22. The van der Waals surface area contributed by atoms with Crippen LogP contribution >= 0.6 is 0 Å². The van der Waals surface area contributed by atoms with Gasteiger partial charge < -0.3 is 19.4 Å². The Hall–Kier alpha value is -1.40. The first-order valence-corrected chi connectivity index (χ1v) is 6.76. The van der Waals surface area contributed by atoms with E-state index in [0.717, 1.165) is 26.0 Å². The highest BCUT2D eigenvalue weighted by molar-refractivity contribution is 5.77. The average Bonchev–Trinajstić information content (AvgIpc) is 2.93. The summed E-state index contributed by atoms with van der Waals surface area (Å²) in [5.41, 5.74) is 0. The van der Waals surface area contributed by atoms with Gasteiger partial charge in [-0.1, -0.05) is 0 Å². The van der Waals surface area contributed by atoms with Crippen molar-refractivity contribution < 1.29 is 14.3 Å². The topological polar surface area (TPSA) is 65.4 Å². The molecule has 1 aliphatic rings. The number of hydrogen-bond donors (Lipinski definition) is 1. The zero-order valence-corrected chi connectivity index (χ0v) is 11.1. The van der Waals surface area contributed by atoms with Crippen molar-refractivity contribution in [1.82, 2.24) is 14.9 Å². The molecule has 2 rings (SSSR count). The van der Waals surface area contributed by atoms with E-state index in [4.69, 9.17) is 9.47 Å². The molecule has 0 spiro atoms. The van der Waals surface area contributed by atoms with E-state index in [0.29, 0.717) is 13.2 Å². The minimum Gasteiger partial charge on any atom is -0.376 e. The van der Waals surface area contributed by atoms with Gasteiger partial charge in [-0.3, -0.25) is 4.79 Å². The lowest BCUT2D eigenvalue weighted by molar-refractivity contribution is -0.127. The Morgan fingerprint density at radius 2 is 2.47 bits per heavy atom. The summed E-state index contributed by atoms with van der Waals surface area (Å²) < 4.78 is 12.8. The molecule has 6 heteroatoms. The number of rotatable bonds is 7. The Balaban J connectivity index is 1.49. The van der Waals surface area contributed by atoms with Gasteiger partial charge in [0.2, 0.25) is 5.91 Å². The van der Waals surface area contributed by atoms with Crippen LogP contribution in [0.1, 0.15) is 19.3 Å². The molecular formula is C13H21N3O3. The highest BCUT2D eigenvalue weighted by Crippen LogP contribution is 2.12. The van der Waals surface area contributed by atoms with Gasteiger partial charge in [0.15, 0.2) is 0 Å². The third kappa shape index (κ3) is 5.40. The fourth-order valence-corrected chi connectivity index (χ4v) is 2.02. The van der Waals surface area contributed by atoms with E-state index in [9.17, 15) is 4.79 Å². The average molecular weight is 267 g/mol. The predicted molar refractivity (Wildman–Crippen MR) is 69.6 cm³/mol. The molecule has 0 aliphatic carbocycles. The third-order valence-electron chi connectivity index (χ3n) is 3.06. The molecule has 106 valence electrons. The number of carbonyl (C=O) groups is 1. The fourth-order valence-electron chi connectivity index (χ4n) is 2.02. The van der Waals surface area contributed by atoms with E-state index in [1.165, 1.54) is 6.42 Å². The lowest BCUT2D eigenvalue weighted by atomic mass is 10.1. The number of nitrogens with zero attached hydrogens (tertiary/aromatic N) is 2. The zero-order valence-electron chi connectivity index (χ0n) is 11.1. The van der Waals surface area contributed by atoms with Crippen molar-refractivity contribution in [1.29, 1.82) is 0 Å². The van der Waals surface area contributed by atoms with Crippen LogP contribution in [0.2, 0.25) is 0 Å². The second-order valence-corrected chi connectivity index (χ2v) is 4.65. The van der Waals surface area contributed by atoms with Crippen LogP contribution in [0.4, 0.5) is 0 Å². The number of amides is 1. The van der Waals surface area contributed by atoms with Gasteiger partial charge in [-0.15, -0.1) is 0 Å². The summed E-state index contributed by atoms with van der Waals surface area (Å²) in [6.07, 6.45) is 8.81. The molecule has 0 bridgehead atoms. The Kier molecular flexibility index (Phi) is 5.84. The van der Waals surface area contributed by atoms with Crippen molar-refractivity contribution in [2.24, 2.45) is 0 Å². The Bertz CT molecular complexity index is 361. The quantitative estimate of drug-likeness (QED) is 0.785. The van der Waals surface area contributed by atoms with Crippen molar-refractivity contribution in [3.8, 4) is 0 Å². The van der Waals surface area contributed by atoms with Crippen LogP contribution in [0.25, 0.3) is 0 Å². The normalized spacial score (nSPS) is 19.3. The summed E-state index contributed by atoms with van der Waals surface area (Å²) >= 11 is 0. The summed E-state index contributed by atoms with van der Waals surface area (Å²) in [6.45, 7) is 2.72. The van der Waals surface area contributed by atoms with Gasteiger partial charge in [0.1, 0.15) is 6.61 Å². The molecule has 0 radical (unpaired) electrons. The van der Waals surface area contributed by atoms with E-state index in [1.807, 2.05) is 10.8 Å². The molecule has 1 fully saturated rings. The largest absolute Gasteiger partial charge is 0.376 e. The van der Waals surface area contributed by atoms with E-state index in [2.05, 4.69) is 10.3 Å². The summed E-state index contributed by atoms with van der Waals surface area (Å²) in [6, 6.07) is 0. The maximum atomic E-state index is 11.5. The van der Waals surface area contributed by atoms with Crippen molar-refractivity contribution >= 4 is 5.91 Å². The molecule has 1 aromatic rings. The highest BCUT2D eigenvalue weighted by Gasteiger charge is 2.14. The molecule has 1 aromatic heterocycles. The van der Waals surface area contributed by atoms with Gasteiger partial charge >= 0.3 is 0 Å². The van der Waals surface area contributed by atoms with Gasteiger partial charge in [0.05, 0.1) is 19.0 Å².